The summed E-state index contributed by atoms with van der Waals surface area (Å²) in [7, 11) is -3.19. The molecule has 1 aromatic carbocycles. The molecule has 118 valence electrons. The van der Waals surface area contributed by atoms with E-state index >= 15 is 0 Å². The Balaban J connectivity index is 1.90. The first kappa shape index (κ1) is 17.0. The molecule has 0 aliphatic heterocycles. The molecule has 1 atom stereocenters. The highest BCUT2D eigenvalue weighted by Gasteiger charge is 2.23. The maximum absolute atomic E-state index is 12.3. The van der Waals surface area contributed by atoms with Gasteiger partial charge in [0.2, 0.25) is 10.0 Å². The van der Waals surface area contributed by atoms with E-state index in [2.05, 4.69) is 20.7 Å². The van der Waals surface area contributed by atoms with Crippen LogP contribution in [-0.2, 0) is 16.4 Å². The highest BCUT2D eigenvalue weighted by atomic mass is 79.9. The van der Waals surface area contributed by atoms with Gasteiger partial charge in [0, 0.05) is 11.4 Å². The van der Waals surface area contributed by atoms with Gasteiger partial charge in [-0.3, -0.25) is 0 Å². The number of sulfonamides is 1. The second-order valence-electron chi connectivity index (χ2n) is 5.94. The smallest absolute Gasteiger partial charge is 0.212 e. The summed E-state index contributed by atoms with van der Waals surface area (Å²) >= 11 is 3.42. The third-order valence-corrected chi connectivity index (χ3v) is 6.42. The van der Waals surface area contributed by atoms with Crippen molar-refractivity contribution in [1.29, 1.82) is 0 Å². The molecular formula is C16H24BrNO2S. The zero-order valence-corrected chi connectivity index (χ0v) is 14.7. The number of alkyl halides is 1. The van der Waals surface area contributed by atoms with Crippen molar-refractivity contribution in [3.8, 4) is 0 Å². The molecule has 0 bridgehead atoms. The van der Waals surface area contributed by atoms with Crippen molar-refractivity contribution < 1.29 is 8.42 Å². The number of hydrogen-bond donors (Lipinski definition) is 1. The van der Waals surface area contributed by atoms with Crippen molar-refractivity contribution in [1.82, 2.24) is 4.72 Å². The SMILES string of the molecule is O=S(=O)(CC1CCCCC1)NC(CBr)Cc1ccccc1. The largest absolute Gasteiger partial charge is 0.212 e. The summed E-state index contributed by atoms with van der Waals surface area (Å²) in [5.74, 6) is 0.620. The highest BCUT2D eigenvalue weighted by molar-refractivity contribution is 9.09. The molecule has 1 saturated carbocycles. The van der Waals surface area contributed by atoms with Crippen molar-refractivity contribution in [2.75, 3.05) is 11.1 Å². The van der Waals surface area contributed by atoms with Crippen LogP contribution < -0.4 is 4.72 Å². The zero-order valence-electron chi connectivity index (χ0n) is 12.3. The second-order valence-corrected chi connectivity index (χ2v) is 8.39. The van der Waals surface area contributed by atoms with E-state index in [1.807, 2.05) is 30.3 Å². The van der Waals surface area contributed by atoms with Crippen LogP contribution >= 0.6 is 15.9 Å². The van der Waals surface area contributed by atoms with Crippen LogP contribution in [0.1, 0.15) is 37.7 Å². The van der Waals surface area contributed by atoms with Crippen LogP contribution in [-0.4, -0.2) is 25.5 Å². The van der Waals surface area contributed by atoms with Gasteiger partial charge in [-0.2, -0.15) is 0 Å². The van der Waals surface area contributed by atoms with Crippen molar-refractivity contribution >= 4 is 26.0 Å². The molecule has 1 aliphatic rings. The Bertz CT molecular complexity index is 512. The average molecular weight is 374 g/mol. The molecule has 0 amide bonds. The first-order valence-electron chi connectivity index (χ1n) is 7.69. The molecule has 2 rings (SSSR count). The fourth-order valence-corrected chi connectivity index (χ4v) is 5.32. The Morgan fingerprint density at radius 1 is 1.14 bits per heavy atom. The maximum atomic E-state index is 12.3. The van der Waals surface area contributed by atoms with Crippen molar-refractivity contribution in [2.45, 2.75) is 44.6 Å². The normalized spacial score (nSPS) is 18.5. The summed E-state index contributed by atoms with van der Waals surface area (Å²) in [6.45, 7) is 0. The summed E-state index contributed by atoms with van der Waals surface area (Å²) in [5.41, 5.74) is 1.15. The summed E-state index contributed by atoms with van der Waals surface area (Å²) in [6.07, 6.45) is 6.42. The van der Waals surface area contributed by atoms with E-state index in [0.29, 0.717) is 11.2 Å². The first-order valence-corrected chi connectivity index (χ1v) is 10.5. The Kier molecular flexibility index (Phi) is 6.71. The minimum Gasteiger partial charge on any atom is -0.212 e. The summed E-state index contributed by atoms with van der Waals surface area (Å²) in [4.78, 5) is 0. The lowest BCUT2D eigenvalue weighted by atomic mass is 9.91. The molecule has 5 heteroatoms. The summed E-state index contributed by atoms with van der Waals surface area (Å²) in [5, 5.41) is 0.631. The van der Waals surface area contributed by atoms with Crippen molar-refractivity contribution in [3.63, 3.8) is 0 Å². The van der Waals surface area contributed by atoms with Gasteiger partial charge < -0.3 is 0 Å². The standard InChI is InChI=1S/C16H24BrNO2S/c17-12-16(11-14-7-3-1-4-8-14)18-21(19,20)13-15-9-5-2-6-10-15/h1,3-4,7-8,15-16,18H,2,5-6,9-13H2. The maximum Gasteiger partial charge on any atom is 0.212 e. The van der Waals surface area contributed by atoms with Gasteiger partial charge in [-0.25, -0.2) is 13.1 Å². The van der Waals surface area contributed by atoms with E-state index < -0.39 is 10.0 Å². The minimum absolute atomic E-state index is 0.0824. The molecule has 1 unspecified atom stereocenters. The molecule has 0 heterocycles. The molecule has 0 saturated heterocycles. The Morgan fingerprint density at radius 3 is 2.43 bits per heavy atom. The van der Waals surface area contributed by atoms with Crippen molar-refractivity contribution in [3.05, 3.63) is 35.9 Å². The van der Waals surface area contributed by atoms with E-state index in [-0.39, 0.29) is 11.8 Å². The lowest BCUT2D eigenvalue weighted by molar-refractivity contribution is 0.383. The molecule has 1 N–H and O–H groups in total. The van der Waals surface area contributed by atoms with E-state index in [4.69, 9.17) is 0 Å². The van der Waals surface area contributed by atoms with Crippen LogP contribution in [0.3, 0.4) is 0 Å². The molecule has 1 aromatic rings. The molecule has 0 aromatic heterocycles. The molecular weight excluding hydrogens is 350 g/mol. The first-order chi connectivity index (χ1) is 10.1. The van der Waals surface area contributed by atoms with Gasteiger partial charge in [0.15, 0.2) is 0 Å². The predicted octanol–water partition coefficient (Wildman–Crippen LogP) is 3.49. The number of halogens is 1. The van der Waals surface area contributed by atoms with Crippen LogP contribution in [0.15, 0.2) is 30.3 Å². The number of hydrogen-bond acceptors (Lipinski definition) is 2. The zero-order chi connectivity index (χ0) is 15.1. The van der Waals surface area contributed by atoms with Crippen LogP contribution in [0.25, 0.3) is 0 Å². The monoisotopic (exact) mass is 373 g/mol. The van der Waals surface area contributed by atoms with E-state index in [1.165, 1.54) is 19.3 Å². The summed E-state index contributed by atoms with van der Waals surface area (Å²) < 4.78 is 27.5. The number of nitrogens with one attached hydrogen (secondary N) is 1. The van der Waals surface area contributed by atoms with Crippen LogP contribution in [0, 0.1) is 5.92 Å². The molecule has 21 heavy (non-hydrogen) atoms. The minimum atomic E-state index is -3.19. The molecule has 1 fully saturated rings. The number of benzene rings is 1. The van der Waals surface area contributed by atoms with Gasteiger partial charge in [-0.05, 0) is 30.7 Å². The highest BCUT2D eigenvalue weighted by Crippen LogP contribution is 2.24. The fraction of sp³-hybridized carbons (Fsp3) is 0.625. The van der Waals surface area contributed by atoms with Gasteiger partial charge in [-0.1, -0.05) is 65.5 Å². The van der Waals surface area contributed by atoms with Gasteiger partial charge in [-0.15, -0.1) is 0 Å². The van der Waals surface area contributed by atoms with Crippen LogP contribution in [0.2, 0.25) is 0 Å². The van der Waals surface area contributed by atoms with Gasteiger partial charge >= 0.3 is 0 Å². The van der Waals surface area contributed by atoms with Crippen molar-refractivity contribution in [2.24, 2.45) is 5.92 Å². The third kappa shape index (κ3) is 6.09. The van der Waals surface area contributed by atoms with Gasteiger partial charge in [0.25, 0.3) is 0 Å². The van der Waals surface area contributed by atoms with Crippen LogP contribution in [0.4, 0.5) is 0 Å². The van der Waals surface area contributed by atoms with Gasteiger partial charge in [0.05, 0.1) is 5.75 Å². The quantitative estimate of drug-likeness (QED) is 0.743. The third-order valence-electron chi connectivity index (χ3n) is 4.04. The summed E-state index contributed by atoms with van der Waals surface area (Å²) in [6, 6.07) is 9.92. The lowest BCUT2D eigenvalue weighted by Crippen LogP contribution is -2.40. The Morgan fingerprint density at radius 2 is 1.81 bits per heavy atom. The lowest BCUT2D eigenvalue weighted by Gasteiger charge is -2.23. The Labute approximate surface area is 136 Å². The van der Waals surface area contributed by atoms with Crippen LogP contribution in [0.5, 0.6) is 0 Å². The Hall–Kier alpha value is -0.390. The fourth-order valence-electron chi connectivity index (χ4n) is 2.99. The molecule has 1 aliphatic carbocycles. The predicted molar refractivity (Wildman–Crippen MR) is 91.2 cm³/mol. The molecule has 0 radical (unpaired) electrons. The average Bonchev–Trinajstić information content (AvgIpc) is 2.48. The topological polar surface area (TPSA) is 46.2 Å². The van der Waals surface area contributed by atoms with E-state index in [0.717, 1.165) is 24.8 Å². The molecule has 0 spiro atoms. The van der Waals surface area contributed by atoms with E-state index in [1.54, 1.807) is 0 Å². The van der Waals surface area contributed by atoms with E-state index in [9.17, 15) is 8.42 Å². The molecule has 3 nitrogen and oxygen atoms in total. The number of rotatable bonds is 7. The second kappa shape index (κ2) is 8.30. The van der Waals surface area contributed by atoms with Gasteiger partial charge in [0.1, 0.15) is 0 Å².